The van der Waals surface area contributed by atoms with Gasteiger partial charge in [0.2, 0.25) is 0 Å². The van der Waals surface area contributed by atoms with E-state index >= 15 is 0 Å². The number of rotatable bonds is 4. The first-order chi connectivity index (χ1) is 8.59. The van der Waals surface area contributed by atoms with Gasteiger partial charge in [-0.2, -0.15) is 0 Å². The van der Waals surface area contributed by atoms with E-state index < -0.39 is 0 Å². The van der Waals surface area contributed by atoms with Crippen molar-refractivity contribution >= 4 is 11.6 Å². The first kappa shape index (κ1) is 13.9. The van der Waals surface area contributed by atoms with E-state index in [2.05, 4.69) is 6.07 Å². The number of nitrogens with two attached hydrogens (primary N) is 1. The average Bonchev–Trinajstić information content (AvgIpc) is 2.82. The Morgan fingerprint density at radius 3 is 2.61 bits per heavy atom. The lowest BCUT2D eigenvalue weighted by molar-refractivity contribution is -0.0536. The molecule has 1 saturated carbocycles. The van der Waals surface area contributed by atoms with Gasteiger partial charge in [-0.3, -0.25) is 0 Å². The third kappa shape index (κ3) is 2.56. The molecule has 3 heteroatoms. The fourth-order valence-electron chi connectivity index (χ4n) is 2.91. The van der Waals surface area contributed by atoms with Gasteiger partial charge in [0.05, 0.1) is 11.6 Å². The second kappa shape index (κ2) is 5.60. The summed E-state index contributed by atoms with van der Waals surface area (Å²) in [5.41, 5.74) is 8.44. The molecule has 0 amide bonds. The van der Waals surface area contributed by atoms with Crippen LogP contribution >= 0.6 is 11.6 Å². The average molecular weight is 268 g/mol. The smallest absolute Gasteiger partial charge is 0.0874 e. The summed E-state index contributed by atoms with van der Waals surface area (Å²) >= 11 is 6.19. The van der Waals surface area contributed by atoms with Crippen molar-refractivity contribution in [2.24, 2.45) is 5.73 Å². The van der Waals surface area contributed by atoms with Crippen molar-refractivity contribution in [3.63, 3.8) is 0 Å². The lowest BCUT2D eigenvalue weighted by atomic mass is 9.87. The number of benzene rings is 1. The SMILES string of the molecule is CCOC1(C(N)c2ccc(C)c(Cl)c2)CCCC1. The largest absolute Gasteiger partial charge is 0.373 e. The Morgan fingerprint density at radius 2 is 2.06 bits per heavy atom. The van der Waals surface area contributed by atoms with Gasteiger partial charge in [0.15, 0.2) is 0 Å². The van der Waals surface area contributed by atoms with E-state index in [9.17, 15) is 0 Å². The number of halogens is 1. The molecule has 0 saturated heterocycles. The fraction of sp³-hybridized carbons (Fsp3) is 0.600. The van der Waals surface area contributed by atoms with E-state index in [1.54, 1.807) is 0 Å². The van der Waals surface area contributed by atoms with Crippen molar-refractivity contribution in [3.8, 4) is 0 Å². The lowest BCUT2D eigenvalue weighted by Crippen LogP contribution is -2.41. The van der Waals surface area contributed by atoms with Crippen molar-refractivity contribution < 1.29 is 4.74 Å². The van der Waals surface area contributed by atoms with Crippen LogP contribution in [0.3, 0.4) is 0 Å². The van der Waals surface area contributed by atoms with Gasteiger partial charge in [0, 0.05) is 11.6 Å². The van der Waals surface area contributed by atoms with Crippen molar-refractivity contribution in [1.29, 1.82) is 0 Å². The summed E-state index contributed by atoms with van der Waals surface area (Å²) in [7, 11) is 0. The minimum atomic E-state index is -0.187. The molecule has 1 aliphatic carbocycles. The van der Waals surface area contributed by atoms with Gasteiger partial charge < -0.3 is 10.5 Å². The summed E-state index contributed by atoms with van der Waals surface area (Å²) in [6.45, 7) is 4.76. The Bertz CT molecular complexity index is 413. The molecule has 1 aliphatic rings. The van der Waals surface area contributed by atoms with E-state index in [1.165, 1.54) is 12.8 Å². The minimum absolute atomic E-state index is 0.0851. The van der Waals surface area contributed by atoms with Gasteiger partial charge in [0.25, 0.3) is 0 Å². The maximum absolute atomic E-state index is 6.46. The number of ether oxygens (including phenoxy) is 1. The van der Waals surface area contributed by atoms with Gasteiger partial charge in [-0.15, -0.1) is 0 Å². The van der Waals surface area contributed by atoms with Crippen molar-refractivity contribution in [2.45, 2.75) is 51.2 Å². The Morgan fingerprint density at radius 1 is 1.39 bits per heavy atom. The Kier molecular flexibility index (Phi) is 4.31. The molecule has 0 radical (unpaired) electrons. The molecule has 0 spiro atoms. The van der Waals surface area contributed by atoms with Crippen LogP contribution in [0.5, 0.6) is 0 Å². The summed E-state index contributed by atoms with van der Waals surface area (Å²) in [5, 5.41) is 0.785. The lowest BCUT2D eigenvalue weighted by Gasteiger charge is -2.35. The molecule has 1 unspecified atom stereocenters. The van der Waals surface area contributed by atoms with Gasteiger partial charge >= 0.3 is 0 Å². The zero-order valence-electron chi connectivity index (χ0n) is 11.2. The molecule has 1 atom stereocenters. The molecule has 0 aliphatic heterocycles. The van der Waals surface area contributed by atoms with Crippen LogP contribution in [0.4, 0.5) is 0 Å². The first-order valence-electron chi connectivity index (χ1n) is 6.74. The predicted octanol–water partition coefficient (Wildman–Crippen LogP) is 4.00. The van der Waals surface area contributed by atoms with E-state index in [4.69, 9.17) is 22.1 Å². The van der Waals surface area contributed by atoms with E-state index in [-0.39, 0.29) is 11.6 Å². The highest BCUT2D eigenvalue weighted by Gasteiger charge is 2.41. The zero-order valence-corrected chi connectivity index (χ0v) is 12.0. The quantitative estimate of drug-likeness (QED) is 0.895. The molecule has 2 N–H and O–H groups in total. The zero-order chi connectivity index (χ0) is 13.2. The molecule has 2 nitrogen and oxygen atoms in total. The van der Waals surface area contributed by atoms with Crippen LogP contribution in [0, 0.1) is 6.92 Å². The Hall–Kier alpha value is -0.570. The summed E-state index contributed by atoms with van der Waals surface area (Å²) in [4.78, 5) is 0. The van der Waals surface area contributed by atoms with Crippen molar-refractivity contribution in [3.05, 3.63) is 34.3 Å². The summed E-state index contributed by atoms with van der Waals surface area (Å²) < 4.78 is 6.01. The van der Waals surface area contributed by atoms with Crippen LogP contribution in [-0.2, 0) is 4.74 Å². The van der Waals surface area contributed by atoms with Crippen LogP contribution in [0.1, 0.15) is 49.8 Å². The van der Waals surface area contributed by atoms with Crippen LogP contribution in [0.25, 0.3) is 0 Å². The maximum atomic E-state index is 6.46. The molecular weight excluding hydrogens is 246 g/mol. The highest BCUT2D eigenvalue weighted by Crippen LogP contribution is 2.42. The molecule has 1 aromatic rings. The van der Waals surface area contributed by atoms with Crippen molar-refractivity contribution in [2.75, 3.05) is 6.61 Å². The number of aryl methyl sites for hydroxylation is 1. The normalized spacial score (nSPS) is 20.0. The Labute approximate surface area is 114 Å². The third-order valence-electron chi connectivity index (χ3n) is 4.00. The molecule has 1 fully saturated rings. The highest BCUT2D eigenvalue weighted by atomic mass is 35.5. The Balaban J connectivity index is 2.27. The molecule has 100 valence electrons. The fourth-order valence-corrected chi connectivity index (χ4v) is 3.10. The van der Waals surface area contributed by atoms with Crippen LogP contribution in [0.15, 0.2) is 18.2 Å². The van der Waals surface area contributed by atoms with Gasteiger partial charge in [-0.25, -0.2) is 0 Å². The van der Waals surface area contributed by atoms with Crippen LogP contribution < -0.4 is 5.73 Å². The molecule has 0 heterocycles. The molecule has 0 aromatic heterocycles. The second-order valence-corrected chi connectivity index (χ2v) is 5.60. The summed E-state index contributed by atoms with van der Waals surface area (Å²) in [6.07, 6.45) is 4.50. The number of hydrogen-bond acceptors (Lipinski definition) is 2. The van der Waals surface area contributed by atoms with Crippen LogP contribution in [0.2, 0.25) is 5.02 Å². The van der Waals surface area contributed by atoms with Gasteiger partial charge in [0.1, 0.15) is 0 Å². The van der Waals surface area contributed by atoms with E-state index in [0.29, 0.717) is 6.61 Å². The monoisotopic (exact) mass is 267 g/mol. The maximum Gasteiger partial charge on any atom is 0.0874 e. The molecule has 18 heavy (non-hydrogen) atoms. The standard InChI is InChI=1S/C15H22ClNO/c1-3-18-15(8-4-5-9-15)14(17)12-7-6-11(2)13(16)10-12/h6-7,10,14H,3-5,8-9,17H2,1-2H3. The summed E-state index contributed by atoms with van der Waals surface area (Å²) in [5.74, 6) is 0. The summed E-state index contributed by atoms with van der Waals surface area (Å²) in [6, 6.07) is 6.01. The van der Waals surface area contributed by atoms with Gasteiger partial charge in [-0.05, 0) is 43.9 Å². The topological polar surface area (TPSA) is 35.2 Å². The molecule has 1 aromatic carbocycles. The highest BCUT2D eigenvalue weighted by molar-refractivity contribution is 6.31. The van der Waals surface area contributed by atoms with Crippen LogP contribution in [-0.4, -0.2) is 12.2 Å². The number of hydrogen-bond donors (Lipinski definition) is 1. The minimum Gasteiger partial charge on any atom is -0.373 e. The van der Waals surface area contributed by atoms with Gasteiger partial charge in [-0.1, -0.05) is 36.6 Å². The van der Waals surface area contributed by atoms with E-state index in [1.807, 2.05) is 26.0 Å². The second-order valence-electron chi connectivity index (χ2n) is 5.19. The molecule has 2 rings (SSSR count). The van der Waals surface area contributed by atoms with E-state index in [0.717, 1.165) is 29.0 Å². The molecular formula is C15H22ClNO. The van der Waals surface area contributed by atoms with Crippen molar-refractivity contribution in [1.82, 2.24) is 0 Å². The predicted molar refractivity (Wildman–Crippen MR) is 75.9 cm³/mol. The third-order valence-corrected chi connectivity index (χ3v) is 4.41. The first-order valence-corrected chi connectivity index (χ1v) is 7.12. The molecule has 0 bridgehead atoms.